The minimum absolute atomic E-state index is 0.0564. The van der Waals surface area contributed by atoms with Crippen molar-refractivity contribution in [2.75, 3.05) is 19.6 Å². The van der Waals surface area contributed by atoms with Crippen molar-refractivity contribution in [3.63, 3.8) is 0 Å². The Morgan fingerprint density at radius 1 is 1.38 bits per heavy atom. The lowest BCUT2D eigenvalue weighted by Gasteiger charge is -2.27. The third-order valence-electron chi connectivity index (χ3n) is 4.00. The molecular formula is C16H32N2O3. The Bertz CT molecular complexity index is 344. The Morgan fingerprint density at radius 3 is 2.52 bits per heavy atom. The monoisotopic (exact) mass is 300 g/mol. The normalized spacial score (nSPS) is 21.5. The van der Waals surface area contributed by atoms with Gasteiger partial charge in [-0.15, -0.1) is 0 Å². The Kier molecular flexibility index (Phi) is 6.05. The van der Waals surface area contributed by atoms with E-state index in [0.29, 0.717) is 5.92 Å². The zero-order valence-corrected chi connectivity index (χ0v) is 14.4. The van der Waals surface area contributed by atoms with E-state index < -0.39 is 11.2 Å². The van der Waals surface area contributed by atoms with Gasteiger partial charge in [-0.1, -0.05) is 0 Å². The quantitative estimate of drug-likeness (QED) is 0.818. The summed E-state index contributed by atoms with van der Waals surface area (Å²) in [4.78, 5) is 13.8. The van der Waals surface area contributed by atoms with Crippen LogP contribution < -0.4 is 5.32 Å². The summed E-state index contributed by atoms with van der Waals surface area (Å²) in [6, 6.07) is 0.0564. The standard InChI is InChI=1S/C16H32N2O3/c1-12(16(5,6)20)17-9-7-13-8-10-18(11-13)14(19)21-15(2,3)4/h12-13,17,20H,7-11H2,1-6H3. The number of amides is 1. The zero-order chi connectivity index (χ0) is 16.3. The van der Waals surface area contributed by atoms with Crippen LogP contribution in [-0.2, 0) is 4.74 Å². The largest absolute Gasteiger partial charge is 0.444 e. The molecule has 0 radical (unpaired) electrons. The molecule has 0 aromatic heterocycles. The van der Waals surface area contributed by atoms with Gasteiger partial charge >= 0.3 is 6.09 Å². The van der Waals surface area contributed by atoms with Crippen molar-refractivity contribution in [2.24, 2.45) is 5.92 Å². The fourth-order valence-electron chi connectivity index (χ4n) is 2.31. The number of nitrogens with zero attached hydrogens (tertiary/aromatic N) is 1. The Balaban J connectivity index is 2.28. The molecule has 124 valence electrons. The third kappa shape index (κ3) is 6.66. The van der Waals surface area contributed by atoms with Crippen LogP contribution in [0.1, 0.15) is 54.4 Å². The number of rotatable bonds is 5. The molecule has 0 aliphatic carbocycles. The lowest BCUT2D eigenvalue weighted by Crippen LogP contribution is -2.45. The average Bonchev–Trinajstić information content (AvgIpc) is 2.74. The molecule has 1 heterocycles. The first-order valence-corrected chi connectivity index (χ1v) is 7.93. The number of hydrogen-bond acceptors (Lipinski definition) is 4. The molecule has 1 amide bonds. The van der Waals surface area contributed by atoms with E-state index in [9.17, 15) is 9.90 Å². The van der Waals surface area contributed by atoms with E-state index in [4.69, 9.17) is 4.74 Å². The summed E-state index contributed by atoms with van der Waals surface area (Å²) < 4.78 is 5.40. The van der Waals surface area contributed by atoms with E-state index in [0.717, 1.165) is 32.5 Å². The van der Waals surface area contributed by atoms with Gasteiger partial charge in [0.05, 0.1) is 5.60 Å². The van der Waals surface area contributed by atoms with Crippen LogP contribution in [0.5, 0.6) is 0 Å². The second-order valence-electron chi connectivity index (χ2n) is 7.70. The van der Waals surface area contributed by atoms with Crippen molar-refractivity contribution >= 4 is 6.09 Å². The lowest BCUT2D eigenvalue weighted by molar-refractivity contribution is 0.0287. The second-order valence-corrected chi connectivity index (χ2v) is 7.70. The first-order valence-electron chi connectivity index (χ1n) is 7.93. The van der Waals surface area contributed by atoms with Crippen LogP contribution in [0.3, 0.4) is 0 Å². The molecule has 1 aliphatic heterocycles. The molecule has 1 aliphatic rings. The van der Waals surface area contributed by atoms with E-state index >= 15 is 0 Å². The molecule has 1 fully saturated rings. The van der Waals surface area contributed by atoms with Crippen molar-refractivity contribution in [2.45, 2.75) is 71.6 Å². The van der Waals surface area contributed by atoms with Gasteiger partial charge in [0.1, 0.15) is 5.60 Å². The number of ether oxygens (including phenoxy) is 1. The molecule has 1 saturated heterocycles. The maximum Gasteiger partial charge on any atom is 0.410 e. The van der Waals surface area contributed by atoms with Gasteiger partial charge in [0.15, 0.2) is 0 Å². The first-order chi connectivity index (χ1) is 9.49. The van der Waals surface area contributed by atoms with E-state index in [1.807, 2.05) is 41.5 Å². The van der Waals surface area contributed by atoms with Crippen molar-refractivity contribution in [1.29, 1.82) is 0 Å². The molecular weight excluding hydrogens is 268 g/mol. The van der Waals surface area contributed by atoms with Gasteiger partial charge in [-0.05, 0) is 66.8 Å². The number of carbonyl (C=O) groups is 1. The fourth-order valence-corrected chi connectivity index (χ4v) is 2.31. The molecule has 0 aromatic carbocycles. The van der Waals surface area contributed by atoms with E-state index in [1.165, 1.54) is 0 Å². The number of nitrogens with one attached hydrogen (secondary N) is 1. The molecule has 0 spiro atoms. The molecule has 2 N–H and O–H groups in total. The Hall–Kier alpha value is -0.810. The summed E-state index contributed by atoms with van der Waals surface area (Å²) in [5.74, 6) is 0.513. The summed E-state index contributed by atoms with van der Waals surface area (Å²) >= 11 is 0. The van der Waals surface area contributed by atoms with Crippen LogP contribution in [0.4, 0.5) is 4.79 Å². The predicted octanol–water partition coefficient (Wildman–Crippen LogP) is 2.38. The highest BCUT2D eigenvalue weighted by Crippen LogP contribution is 2.21. The minimum atomic E-state index is -0.710. The molecule has 0 bridgehead atoms. The van der Waals surface area contributed by atoms with Crippen LogP contribution in [0, 0.1) is 5.92 Å². The smallest absolute Gasteiger partial charge is 0.410 e. The van der Waals surface area contributed by atoms with Crippen LogP contribution in [0.25, 0.3) is 0 Å². The van der Waals surface area contributed by atoms with Crippen molar-refractivity contribution in [3.8, 4) is 0 Å². The third-order valence-corrected chi connectivity index (χ3v) is 4.00. The summed E-state index contributed by atoms with van der Waals surface area (Å²) in [5.41, 5.74) is -1.14. The predicted molar refractivity (Wildman–Crippen MR) is 84.3 cm³/mol. The summed E-state index contributed by atoms with van der Waals surface area (Å²) in [7, 11) is 0. The van der Waals surface area contributed by atoms with Gasteiger partial charge < -0.3 is 20.1 Å². The highest BCUT2D eigenvalue weighted by atomic mass is 16.6. The van der Waals surface area contributed by atoms with Gasteiger partial charge in [0.25, 0.3) is 0 Å². The number of carbonyl (C=O) groups excluding carboxylic acids is 1. The summed E-state index contributed by atoms with van der Waals surface area (Å²) in [5, 5.41) is 13.2. The van der Waals surface area contributed by atoms with Gasteiger partial charge in [-0.3, -0.25) is 0 Å². The van der Waals surface area contributed by atoms with Gasteiger partial charge in [0.2, 0.25) is 0 Å². The van der Waals surface area contributed by atoms with Gasteiger partial charge in [-0.2, -0.15) is 0 Å². The summed E-state index contributed by atoms with van der Waals surface area (Å²) in [6.45, 7) is 13.7. The molecule has 21 heavy (non-hydrogen) atoms. The molecule has 2 atom stereocenters. The Morgan fingerprint density at radius 2 is 2.00 bits per heavy atom. The minimum Gasteiger partial charge on any atom is -0.444 e. The average molecular weight is 300 g/mol. The van der Waals surface area contributed by atoms with Crippen LogP contribution in [0.15, 0.2) is 0 Å². The van der Waals surface area contributed by atoms with E-state index in [-0.39, 0.29) is 12.1 Å². The van der Waals surface area contributed by atoms with E-state index in [1.54, 1.807) is 4.90 Å². The first kappa shape index (κ1) is 18.2. The summed E-state index contributed by atoms with van der Waals surface area (Å²) in [6.07, 6.45) is 1.83. The van der Waals surface area contributed by atoms with Gasteiger partial charge in [-0.25, -0.2) is 4.79 Å². The maximum absolute atomic E-state index is 12.0. The highest BCUT2D eigenvalue weighted by molar-refractivity contribution is 5.68. The van der Waals surface area contributed by atoms with Crippen LogP contribution in [0.2, 0.25) is 0 Å². The second kappa shape index (κ2) is 6.97. The molecule has 2 unspecified atom stereocenters. The lowest BCUT2D eigenvalue weighted by atomic mass is 10.00. The maximum atomic E-state index is 12.0. The number of aliphatic hydroxyl groups is 1. The molecule has 1 rings (SSSR count). The zero-order valence-electron chi connectivity index (χ0n) is 14.4. The van der Waals surface area contributed by atoms with Crippen molar-refractivity contribution in [1.82, 2.24) is 10.2 Å². The molecule has 0 saturated carbocycles. The molecule has 0 aromatic rings. The highest BCUT2D eigenvalue weighted by Gasteiger charge is 2.29. The van der Waals surface area contributed by atoms with Crippen LogP contribution in [-0.4, -0.2) is 53.0 Å². The van der Waals surface area contributed by atoms with Crippen molar-refractivity contribution < 1.29 is 14.6 Å². The molecule has 5 nitrogen and oxygen atoms in total. The number of likely N-dealkylation sites (tertiary alicyclic amines) is 1. The van der Waals surface area contributed by atoms with E-state index in [2.05, 4.69) is 5.32 Å². The van der Waals surface area contributed by atoms with Crippen LogP contribution >= 0.6 is 0 Å². The number of hydrogen-bond donors (Lipinski definition) is 2. The Labute approximate surface area is 129 Å². The van der Waals surface area contributed by atoms with Crippen molar-refractivity contribution in [3.05, 3.63) is 0 Å². The topological polar surface area (TPSA) is 61.8 Å². The SMILES string of the molecule is CC(NCCC1CCN(C(=O)OC(C)(C)C)C1)C(C)(C)O. The van der Waals surface area contributed by atoms with Gasteiger partial charge in [0, 0.05) is 19.1 Å². The fraction of sp³-hybridized carbons (Fsp3) is 0.938. The molecule has 5 heteroatoms.